The smallest absolute Gasteiger partial charge is 0.211 e. The van der Waals surface area contributed by atoms with Crippen molar-refractivity contribution in [2.24, 2.45) is 5.41 Å². The molecule has 0 saturated heterocycles. The number of hydrogen-bond acceptors (Lipinski definition) is 3. The van der Waals surface area contributed by atoms with Gasteiger partial charge in [-0.25, -0.2) is 13.1 Å². The second-order valence-electron chi connectivity index (χ2n) is 4.64. The summed E-state index contributed by atoms with van der Waals surface area (Å²) in [6.07, 6.45) is 1.62. The van der Waals surface area contributed by atoms with E-state index >= 15 is 0 Å². The SMILES string of the molecule is CNCCCS(=O)(=O)NC1CC1(C)C. The summed E-state index contributed by atoms with van der Waals surface area (Å²) in [6.45, 7) is 4.90. The summed E-state index contributed by atoms with van der Waals surface area (Å²) < 4.78 is 25.7. The van der Waals surface area contributed by atoms with Crippen LogP contribution in [0.25, 0.3) is 0 Å². The van der Waals surface area contributed by atoms with Crippen molar-refractivity contribution in [1.29, 1.82) is 0 Å². The standard InChI is InChI=1S/C9H20N2O2S/c1-9(2)7-8(9)11-14(12,13)6-4-5-10-3/h8,10-11H,4-7H2,1-3H3. The van der Waals surface area contributed by atoms with E-state index in [9.17, 15) is 8.42 Å². The Kier molecular flexibility index (Phi) is 3.55. The van der Waals surface area contributed by atoms with Crippen molar-refractivity contribution in [2.75, 3.05) is 19.3 Å². The third kappa shape index (κ3) is 3.55. The zero-order valence-electron chi connectivity index (χ0n) is 9.13. The van der Waals surface area contributed by atoms with Crippen LogP contribution in [-0.4, -0.2) is 33.8 Å². The molecule has 4 nitrogen and oxygen atoms in total. The first-order valence-corrected chi connectivity index (χ1v) is 6.67. The van der Waals surface area contributed by atoms with Gasteiger partial charge in [-0.05, 0) is 31.8 Å². The fourth-order valence-electron chi connectivity index (χ4n) is 1.38. The summed E-state index contributed by atoms with van der Waals surface area (Å²) in [5.74, 6) is 0.223. The third-order valence-corrected chi connectivity index (χ3v) is 4.14. The van der Waals surface area contributed by atoms with Crippen LogP contribution >= 0.6 is 0 Å². The molecule has 84 valence electrons. The van der Waals surface area contributed by atoms with Crippen molar-refractivity contribution in [2.45, 2.75) is 32.7 Å². The first-order valence-electron chi connectivity index (χ1n) is 5.02. The normalized spacial score (nSPS) is 24.9. The maximum absolute atomic E-state index is 11.5. The van der Waals surface area contributed by atoms with Gasteiger partial charge in [0, 0.05) is 6.04 Å². The maximum Gasteiger partial charge on any atom is 0.211 e. The van der Waals surface area contributed by atoms with Crippen molar-refractivity contribution in [1.82, 2.24) is 10.0 Å². The lowest BCUT2D eigenvalue weighted by Crippen LogP contribution is -2.31. The molecule has 0 heterocycles. The topological polar surface area (TPSA) is 58.2 Å². The van der Waals surface area contributed by atoms with Crippen molar-refractivity contribution < 1.29 is 8.42 Å². The molecule has 0 radical (unpaired) electrons. The Hall–Kier alpha value is -0.130. The van der Waals surface area contributed by atoms with E-state index in [-0.39, 0.29) is 17.2 Å². The van der Waals surface area contributed by atoms with Gasteiger partial charge >= 0.3 is 0 Å². The van der Waals surface area contributed by atoms with E-state index < -0.39 is 10.0 Å². The monoisotopic (exact) mass is 220 g/mol. The molecular formula is C9H20N2O2S. The van der Waals surface area contributed by atoms with Gasteiger partial charge in [-0.15, -0.1) is 0 Å². The maximum atomic E-state index is 11.5. The summed E-state index contributed by atoms with van der Waals surface area (Å²) >= 11 is 0. The minimum atomic E-state index is -3.05. The van der Waals surface area contributed by atoms with Gasteiger partial charge in [-0.1, -0.05) is 13.8 Å². The lowest BCUT2D eigenvalue weighted by atomic mass is 10.2. The van der Waals surface area contributed by atoms with Crippen molar-refractivity contribution in [3.8, 4) is 0 Å². The van der Waals surface area contributed by atoms with Crippen LogP contribution in [0.15, 0.2) is 0 Å². The second-order valence-corrected chi connectivity index (χ2v) is 6.51. The quantitative estimate of drug-likeness (QED) is 0.634. The molecule has 0 aliphatic heterocycles. The van der Waals surface area contributed by atoms with Gasteiger partial charge < -0.3 is 5.32 Å². The Morgan fingerprint density at radius 1 is 1.43 bits per heavy atom. The molecule has 1 atom stereocenters. The summed E-state index contributed by atoms with van der Waals surface area (Å²) in [5.41, 5.74) is 0.163. The molecule has 0 bridgehead atoms. The highest BCUT2D eigenvalue weighted by Gasteiger charge is 2.47. The molecular weight excluding hydrogens is 200 g/mol. The van der Waals surface area contributed by atoms with Crippen LogP contribution in [0.1, 0.15) is 26.7 Å². The van der Waals surface area contributed by atoms with Gasteiger partial charge in [0.05, 0.1) is 5.75 Å². The Balaban J connectivity index is 2.29. The number of sulfonamides is 1. The summed E-state index contributed by atoms with van der Waals surface area (Å²) in [7, 11) is -1.23. The van der Waals surface area contributed by atoms with Crippen molar-refractivity contribution in [3.63, 3.8) is 0 Å². The van der Waals surface area contributed by atoms with Gasteiger partial charge in [0.1, 0.15) is 0 Å². The molecule has 1 unspecified atom stereocenters. The van der Waals surface area contributed by atoms with E-state index in [1.54, 1.807) is 0 Å². The first-order chi connectivity index (χ1) is 6.37. The van der Waals surface area contributed by atoms with Crippen LogP contribution in [0.2, 0.25) is 0 Å². The van der Waals surface area contributed by atoms with Crippen molar-refractivity contribution in [3.05, 3.63) is 0 Å². The van der Waals surface area contributed by atoms with Gasteiger partial charge in [0.15, 0.2) is 0 Å². The highest BCUT2D eigenvalue weighted by atomic mass is 32.2. The van der Waals surface area contributed by atoms with Gasteiger partial charge in [-0.3, -0.25) is 0 Å². The molecule has 1 rings (SSSR count). The van der Waals surface area contributed by atoms with E-state index in [1.807, 2.05) is 7.05 Å². The predicted molar refractivity (Wildman–Crippen MR) is 57.7 cm³/mol. The predicted octanol–water partition coefficient (Wildman–Crippen LogP) is 0.314. The molecule has 1 aliphatic rings. The van der Waals surface area contributed by atoms with Crippen molar-refractivity contribution >= 4 is 10.0 Å². The highest BCUT2D eigenvalue weighted by Crippen LogP contribution is 2.44. The molecule has 0 spiro atoms. The number of hydrogen-bond donors (Lipinski definition) is 2. The molecule has 1 saturated carbocycles. The fourth-order valence-corrected chi connectivity index (χ4v) is 2.86. The van der Waals surface area contributed by atoms with E-state index in [1.165, 1.54) is 0 Å². The minimum absolute atomic E-state index is 0.155. The van der Waals surface area contributed by atoms with Crippen LogP contribution in [-0.2, 0) is 10.0 Å². The van der Waals surface area contributed by atoms with Crippen LogP contribution in [0.5, 0.6) is 0 Å². The molecule has 0 amide bonds. The van der Waals surface area contributed by atoms with E-state index in [2.05, 4.69) is 23.9 Å². The third-order valence-electron chi connectivity index (χ3n) is 2.68. The van der Waals surface area contributed by atoms with E-state index in [0.29, 0.717) is 6.42 Å². The highest BCUT2D eigenvalue weighted by molar-refractivity contribution is 7.89. The molecule has 0 aromatic carbocycles. The van der Waals surface area contributed by atoms with Crippen LogP contribution in [0, 0.1) is 5.41 Å². The lowest BCUT2D eigenvalue weighted by molar-refractivity contribution is 0.552. The van der Waals surface area contributed by atoms with Crippen LogP contribution in [0.3, 0.4) is 0 Å². The number of nitrogens with one attached hydrogen (secondary N) is 2. The molecule has 0 aromatic heterocycles. The summed E-state index contributed by atoms with van der Waals surface area (Å²) in [5, 5.41) is 2.93. The number of rotatable bonds is 6. The largest absolute Gasteiger partial charge is 0.320 e. The van der Waals surface area contributed by atoms with Gasteiger partial charge in [0.25, 0.3) is 0 Å². The summed E-state index contributed by atoms with van der Waals surface area (Å²) in [4.78, 5) is 0. The summed E-state index contributed by atoms with van der Waals surface area (Å²) in [6, 6.07) is 0.155. The Morgan fingerprint density at radius 2 is 2.00 bits per heavy atom. The second kappa shape index (κ2) is 4.16. The molecule has 1 aliphatic carbocycles. The Bertz CT molecular complexity index is 285. The minimum Gasteiger partial charge on any atom is -0.320 e. The zero-order valence-corrected chi connectivity index (χ0v) is 9.95. The lowest BCUT2D eigenvalue weighted by Gasteiger charge is -2.07. The van der Waals surface area contributed by atoms with Crippen LogP contribution < -0.4 is 10.0 Å². The Morgan fingerprint density at radius 3 is 2.43 bits per heavy atom. The molecule has 1 fully saturated rings. The van der Waals surface area contributed by atoms with Gasteiger partial charge in [0.2, 0.25) is 10.0 Å². The molecule has 5 heteroatoms. The van der Waals surface area contributed by atoms with Crippen LogP contribution in [0.4, 0.5) is 0 Å². The van der Waals surface area contributed by atoms with E-state index in [4.69, 9.17) is 0 Å². The van der Waals surface area contributed by atoms with E-state index in [0.717, 1.165) is 13.0 Å². The molecule has 14 heavy (non-hydrogen) atoms. The average molecular weight is 220 g/mol. The first kappa shape index (κ1) is 11.9. The molecule has 0 aromatic rings. The Labute approximate surface area is 86.5 Å². The fraction of sp³-hybridized carbons (Fsp3) is 1.00. The van der Waals surface area contributed by atoms with Gasteiger partial charge in [-0.2, -0.15) is 0 Å². The zero-order chi connectivity index (χ0) is 10.8. The average Bonchev–Trinajstić information content (AvgIpc) is 2.57. The molecule has 2 N–H and O–H groups in total.